The molecule has 0 saturated carbocycles. The summed E-state index contributed by atoms with van der Waals surface area (Å²) in [5, 5.41) is 25.5. The Morgan fingerprint density at radius 3 is 2.56 bits per heavy atom. The number of aliphatic carboxylic acids is 1. The first-order valence-electron chi connectivity index (χ1n) is 11.4. The number of nitrogens with one attached hydrogen (secondary N) is 2. The molecule has 0 aliphatic carbocycles. The minimum Gasteiger partial charge on any atom is -0.477 e. The van der Waals surface area contributed by atoms with Gasteiger partial charge in [-0.25, -0.2) is 4.79 Å². The van der Waals surface area contributed by atoms with Crippen LogP contribution in [0.1, 0.15) is 25.8 Å². The third-order valence-corrected chi connectivity index (χ3v) is 8.15. The van der Waals surface area contributed by atoms with Gasteiger partial charge >= 0.3 is 12.3 Å². The molecule has 9 nitrogen and oxygen atoms in total. The minimum atomic E-state index is -4.78. The molecule has 1 aromatic carbocycles. The van der Waals surface area contributed by atoms with Crippen molar-refractivity contribution in [1.29, 1.82) is 0 Å². The van der Waals surface area contributed by atoms with Crippen LogP contribution in [-0.4, -0.2) is 69.2 Å². The largest absolute Gasteiger partial charge is 0.573 e. The van der Waals surface area contributed by atoms with Gasteiger partial charge in [-0.2, -0.15) is 0 Å². The van der Waals surface area contributed by atoms with Crippen molar-refractivity contribution in [2.75, 3.05) is 6.54 Å². The summed E-state index contributed by atoms with van der Waals surface area (Å²) in [6.07, 6.45) is -5.23. The molecule has 4 rings (SSSR count). The standard InChI is InChI=1S/C23H26F3N3O6S/c1-10-17-16(11(2)30)21(32)29(17)18(22(33)34)19(10)36-14-7-15(27-9-14)20(31)28-8-12-3-5-13(6-4-12)35-23(24,25)26/h3-6,10-11,14-17,27,30H,7-9H2,1-2H3,(H,28,31)(H,33,34)/t10-,11-,14+,15+,16-,17-/m1/s1. The number of carboxylic acid groups (broad SMARTS) is 1. The number of alkyl halides is 3. The van der Waals surface area contributed by atoms with Crippen molar-refractivity contribution < 1.29 is 42.5 Å². The molecule has 2 fully saturated rings. The number of hydrogen-bond donors (Lipinski definition) is 4. The van der Waals surface area contributed by atoms with Crippen molar-refractivity contribution in [3.05, 3.63) is 40.4 Å². The molecule has 196 valence electrons. The zero-order valence-corrected chi connectivity index (χ0v) is 20.2. The molecule has 1 aromatic rings. The van der Waals surface area contributed by atoms with Crippen molar-refractivity contribution in [1.82, 2.24) is 15.5 Å². The molecule has 3 aliphatic rings. The van der Waals surface area contributed by atoms with E-state index >= 15 is 0 Å². The molecule has 2 saturated heterocycles. The summed E-state index contributed by atoms with van der Waals surface area (Å²) >= 11 is 1.34. The molecule has 4 N–H and O–H groups in total. The van der Waals surface area contributed by atoms with Gasteiger partial charge in [0.15, 0.2) is 0 Å². The number of β-lactam (4-membered cyclic amide) rings is 1. The molecular formula is C23H26F3N3O6S. The maximum atomic E-state index is 12.6. The first kappa shape index (κ1) is 26.3. The summed E-state index contributed by atoms with van der Waals surface area (Å²) in [6.45, 7) is 3.93. The highest BCUT2D eigenvalue weighted by molar-refractivity contribution is 8.03. The van der Waals surface area contributed by atoms with Crippen molar-refractivity contribution in [3.63, 3.8) is 0 Å². The normalized spacial score (nSPS) is 28.6. The smallest absolute Gasteiger partial charge is 0.477 e. The Labute approximate surface area is 209 Å². The molecule has 36 heavy (non-hydrogen) atoms. The van der Waals surface area contributed by atoms with Crippen LogP contribution in [0, 0.1) is 11.8 Å². The molecule has 6 atom stereocenters. The van der Waals surface area contributed by atoms with Crippen molar-refractivity contribution in [3.8, 4) is 5.75 Å². The van der Waals surface area contributed by atoms with Gasteiger partial charge in [-0.05, 0) is 31.0 Å². The van der Waals surface area contributed by atoms with Crippen molar-refractivity contribution in [2.24, 2.45) is 11.8 Å². The Hall–Kier alpha value is -2.77. The second kappa shape index (κ2) is 9.94. The maximum Gasteiger partial charge on any atom is 0.573 e. The highest BCUT2D eigenvalue weighted by atomic mass is 32.2. The molecule has 0 aromatic heterocycles. The maximum absolute atomic E-state index is 12.6. The van der Waals surface area contributed by atoms with Gasteiger partial charge < -0.3 is 30.5 Å². The van der Waals surface area contributed by atoms with Gasteiger partial charge in [-0.3, -0.25) is 9.59 Å². The highest BCUT2D eigenvalue weighted by Gasteiger charge is 2.60. The number of amides is 2. The second-order valence-electron chi connectivity index (χ2n) is 9.12. The van der Waals surface area contributed by atoms with E-state index in [1.807, 2.05) is 6.92 Å². The highest BCUT2D eigenvalue weighted by Crippen LogP contribution is 2.51. The Kier molecular flexibility index (Phi) is 7.26. The third-order valence-electron chi connectivity index (χ3n) is 6.64. The number of carboxylic acids is 1. The number of benzene rings is 1. The van der Waals surface area contributed by atoms with Gasteiger partial charge in [0.05, 0.1) is 24.1 Å². The lowest BCUT2D eigenvalue weighted by atomic mass is 9.79. The van der Waals surface area contributed by atoms with Crippen LogP contribution in [0.4, 0.5) is 13.2 Å². The molecule has 3 heterocycles. The van der Waals surface area contributed by atoms with Gasteiger partial charge in [0, 0.05) is 29.2 Å². The van der Waals surface area contributed by atoms with Crippen LogP contribution in [-0.2, 0) is 20.9 Å². The van der Waals surface area contributed by atoms with Crippen LogP contribution in [0.25, 0.3) is 0 Å². The predicted octanol–water partition coefficient (Wildman–Crippen LogP) is 1.82. The minimum absolute atomic E-state index is 0.0507. The van der Waals surface area contributed by atoms with E-state index in [0.717, 1.165) is 0 Å². The van der Waals surface area contributed by atoms with E-state index < -0.39 is 42.3 Å². The summed E-state index contributed by atoms with van der Waals surface area (Å²) in [5.74, 6) is -3.12. The van der Waals surface area contributed by atoms with Crippen LogP contribution in [0.15, 0.2) is 34.9 Å². The second-order valence-corrected chi connectivity index (χ2v) is 10.5. The lowest BCUT2D eigenvalue weighted by Gasteiger charge is -2.46. The van der Waals surface area contributed by atoms with Crippen LogP contribution in [0.3, 0.4) is 0 Å². The SMILES string of the molecule is C[C@@H](O)[C@H]1C(=O)N2C(C(=O)O)=C(S[C@@H]3CN[C@H](C(=O)NCc4ccc(OC(F)(F)F)cc4)C3)[C@H](C)[C@H]12. The molecule has 13 heteroatoms. The zero-order valence-electron chi connectivity index (χ0n) is 19.4. The molecule has 3 aliphatic heterocycles. The van der Waals surface area contributed by atoms with E-state index in [1.165, 1.54) is 47.9 Å². The number of aliphatic hydroxyl groups excluding tert-OH is 1. The third kappa shape index (κ3) is 5.18. The number of halogens is 3. The fraction of sp³-hybridized carbons (Fsp3) is 0.522. The Morgan fingerprint density at radius 2 is 1.97 bits per heavy atom. The van der Waals surface area contributed by atoms with Crippen molar-refractivity contribution in [2.45, 2.75) is 56.6 Å². The van der Waals surface area contributed by atoms with Gasteiger partial charge in [-0.1, -0.05) is 19.1 Å². The number of fused-ring (bicyclic) bond motifs is 1. The van der Waals surface area contributed by atoms with Crippen LogP contribution < -0.4 is 15.4 Å². The quantitative estimate of drug-likeness (QED) is 0.376. The van der Waals surface area contributed by atoms with E-state index in [4.69, 9.17) is 0 Å². The molecular weight excluding hydrogens is 503 g/mol. The van der Waals surface area contributed by atoms with Gasteiger partial charge in [-0.15, -0.1) is 24.9 Å². The lowest BCUT2D eigenvalue weighted by Crippen LogP contribution is -2.63. The summed E-state index contributed by atoms with van der Waals surface area (Å²) in [6, 6.07) is 4.27. The number of aliphatic hydroxyl groups is 1. The van der Waals surface area contributed by atoms with Crippen LogP contribution in [0.2, 0.25) is 0 Å². The van der Waals surface area contributed by atoms with E-state index in [-0.39, 0.29) is 35.1 Å². The molecule has 2 amide bonds. The number of carbonyl (C=O) groups is 3. The molecule has 0 unspecified atom stereocenters. The average molecular weight is 530 g/mol. The van der Waals surface area contributed by atoms with E-state index in [1.54, 1.807) is 0 Å². The van der Waals surface area contributed by atoms with Gasteiger partial charge in [0.1, 0.15) is 11.4 Å². The van der Waals surface area contributed by atoms with E-state index in [9.17, 15) is 37.8 Å². The Balaban J connectivity index is 1.33. The number of thioether (sulfide) groups is 1. The van der Waals surface area contributed by atoms with Crippen molar-refractivity contribution >= 4 is 29.5 Å². The number of hydrogen-bond acceptors (Lipinski definition) is 7. The first-order chi connectivity index (χ1) is 16.9. The van der Waals surface area contributed by atoms with E-state index in [0.29, 0.717) is 23.4 Å². The number of ether oxygens (including phenoxy) is 1. The summed E-state index contributed by atoms with van der Waals surface area (Å²) in [5.41, 5.74) is 0.546. The van der Waals surface area contributed by atoms with Crippen LogP contribution >= 0.6 is 11.8 Å². The summed E-state index contributed by atoms with van der Waals surface area (Å²) in [4.78, 5) is 38.9. The molecule has 0 spiro atoms. The topological polar surface area (TPSA) is 128 Å². The zero-order chi connectivity index (χ0) is 26.4. The fourth-order valence-electron chi connectivity index (χ4n) is 4.97. The van der Waals surface area contributed by atoms with Crippen LogP contribution in [0.5, 0.6) is 5.75 Å². The fourth-order valence-corrected chi connectivity index (χ4v) is 6.45. The number of nitrogens with zero attached hydrogens (tertiary/aromatic N) is 1. The monoisotopic (exact) mass is 529 g/mol. The molecule has 0 bridgehead atoms. The van der Waals surface area contributed by atoms with E-state index in [2.05, 4.69) is 15.4 Å². The number of carbonyl (C=O) groups excluding carboxylic acids is 2. The predicted molar refractivity (Wildman–Crippen MR) is 122 cm³/mol. The average Bonchev–Trinajstić information content (AvgIpc) is 3.34. The summed E-state index contributed by atoms with van der Waals surface area (Å²) in [7, 11) is 0. The lowest BCUT2D eigenvalue weighted by molar-refractivity contribution is -0.274. The summed E-state index contributed by atoms with van der Waals surface area (Å²) < 4.78 is 40.6. The van der Waals surface area contributed by atoms with Gasteiger partial charge in [0.25, 0.3) is 0 Å². The Bertz CT molecular complexity index is 1080. The molecule has 0 radical (unpaired) electrons. The number of rotatable bonds is 8. The van der Waals surface area contributed by atoms with Gasteiger partial charge in [0.2, 0.25) is 11.8 Å². The first-order valence-corrected chi connectivity index (χ1v) is 12.3. The Morgan fingerprint density at radius 1 is 1.31 bits per heavy atom.